The average Bonchev–Trinajstić information content (AvgIpc) is 2.69. The van der Waals surface area contributed by atoms with Gasteiger partial charge >= 0.3 is 0 Å². The van der Waals surface area contributed by atoms with Gasteiger partial charge in [0.2, 0.25) is 0 Å². The van der Waals surface area contributed by atoms with Crippen molar-refractivity contribution in [1.82, 2.24) is 15.2 Å². The highest BCUT2D eigenvalue weighted by Crippen LogP contribution is 2.35. The van der Waals surface area contributed by atoms with Gasteiger partial charge in [-0.15, -0.1) is 0 Å². The summed E-state index contributed by atoms with van der Waals surface area (Å²) in [6.45, 7) is 11.7. The molecule has 1 aliphatic heterocycles. The van der Waals surface area contributed by atoms with Crippen LogP contribution in [0, 0.1) is 6.92 Å². The van der Waals surface area contributed by atoms with Crippen molar-refractivity contribution in [1.29, 1.82) is 0 Å². The number of likely N-dealkylation sites (tertiary alicyclic amines) is 1. The standard InChI is InChI=1S/C24H33N3/c1-4-8-22-9-6-7-10-23(22)24(26-5-2)13-17-27(18-14-24)16-12-21-11-15-25-19-20(21)3/h5-7,9-11,15,19,26H,2,4,8,12-14,16-18H2,1,3H3. The van der Waals surface area contributed by atoms with Gasteiger partial charge in [0.15, 0.2) is 0 Å². The van der Waals surface area contributed by atoms with Crippen LogP contribution in [0.4, 0.5) is 0 Å². The van der Waals surface area contributed by atoms with Crippen molar-refractivity contribution in [3.05, 3.63) is 77.8 Å². The fourth-order valence-electron chi connectivity index (χ4n) is 4.38. The zero-order valence-corrected chi connectivity index (χ0v) is 16.9. The Morgan fingerprint density at radius 3 is 2.63 bits per heavy atom. The van der Waals surface area contributed by atoms with Crippen LogP contribution in [0.2, 0.25) is 0 Å². The number of nitrogens with zero attached hydrogens (tertiary/aromatic N) is 2. The Morgan fingerprint density at radius 2 is 1.93 bits per heavy atom. The molecule has 0 bridgehead atoms. The Kier molecular flexibility index (Phi) is 6.68. The Hall–Kier alpha value is -2.13. The van der Waals surface area contributed by atoms with E-state index in [1.807, 2.05) is 18.6 Å². The Labute approximate surface area is 164 Å². The molecule has 0 saturated carbocycles. The zero-order valence-electron chi connectivity index (χ0n) is 16.9. The predicted octanol–water partition coefficient (Wildman–Crippen LogP) is 4.61. The maximum absolute atomic E-state index is 4.20. The molecule has 0 amide bonds. The molecule has 3 rings (SSSR count). The fraction of sp³-hybridized carbons (Fsp3) is 0.458. The molecule has 3 heteroatoms. The van der Waals surface area contributed by atoms with E-state index in [2.05, 4.69) is 66.0 Å². The van der Waals surface area contributed by atoms with Crippen molar-refractivity contribution >= 4 is 0 Å². The van der Waals surface area contributed by atoms with Crippen molar-refractivity contribution < 1.29 is 0 Å². The number of pyridine rings is 1. The number of piperidine rings is 1. The molecule has 144 valence electrons. The van der Waals surface area contributed by atoms with Crippen LogP contribution in [-0.4, -0.2) is 29.5 Å². The highest BCUT2D eigenvalue weighted by atomic mass is 15.1. The van der Waals surface area contributed by atoms with Gasteiger partial charge in [0.05, 0.1) is 5.54 Å². The minimum Gasteiger partial charge on any atom is -0.382 e. The number of benzene rings is 1. The molecule has 1 aromatic heterocycles. The monoisotopic (exact) mass is 363 g/mol. The molecule has 0 aliphatic carbocycles. The summed E-state index contributed by atoms with van der Waals surface area (Å²) in [7, 11) is 0. The van der Waals surface area contributed by atoms with E-state index in [9.17, 15) is 0 Å². The van der Waals surface area contributed by atoms with Crippen LogP contribution in [0.25, 0.3) is 0 Å². The summed E-state index contributed by atoms with van der Waals surface area (Å²) < 4.78 is 0. The molecule has 1 N–H and O–H groups in total. The molecule has 1 aromatic carbocycles. The molecule has 3 nitrogen and oxygen atoms in total. The lowest BCUT2D eigenvalue weighted by Crippen LogP contribution is -2.50. The lowest BCUT2D eigenvalue weighted by molar-refractivity contribution is 0.145. The van der Waals surface area contributed by atoms with Crippen LogP contribution >= 0.6 is 0 Å². The first-order valence-electron chi connectivity index (χ1n) is 10.3. The molecule has 2 heterocycles. The SMILES string of the molecule is C=CNC1(c2ccccc2CCC)CCN(CCc2ccncc2C)CC1. The number of hydrogen-bond donors (Lipinski definition) is 1. The van der Waals surface area contributed by atoms with Gasteiger partial charge in [-0.05, 0) is 67.1 Å². The second-order valence-corrected chi connectivity index (χ2v) is 7.73. The molecule has 0 unspecified atom stereocenters. The molecule has 1 aliphatic rings. The van der Waals surface area contributed by atoms with Gasteiger partial charge in [0.25, 0.3) is 0 Å². The summed E-state index contributed by atoms with van der Waals surface area (Å²) >= 11 is 0. The molecule has 1 fully saturated rings. The van der Waals surface area contributed by atoms with Gasteiger partial charge in [-0.2, -0.15) is 0 Å². The molecular weight excluding hydrogens is 330 g/mol. The summed E-state index contributed by atoms with van der Waals surface area (Å²) in [6.07, 6.45) is 11.4. The molecule has 2 aromatic rings. The van der Waals surface area contributed by atoms with Crippen molar-refractivity contribution in [3.8, 4) is 0 Å². The maximum atomic E-state index is 4.20. The first-order chi connectivity index (χ1) is 13.2. The van der Waals surface area contributed by atoms with Crippen LogP contribution in [0.1, 0.15) is 48.4 Å². The first kappa shape index (κ1) is 19.6. The highest BCUT2D eigenvalue weighted by molar-refractivity contribution is 5.35. The zero-order chi connectivity index (χ0) is 19.1. The molecule has 0 atom stereocenters. The van der Waals surface area contributed by atoms with E-state index < -0.39 is 0 Å². The van der Waals surface area contributed by atoms with Crippen LogP contribution in [-0.2, 0) is 18.4 Å². The molecular formula is C24H33N3. The van der Waals surface area contributed by atoms with E-state index >= 15 is 0 Å². The van der Waals surface area contributed by atoms with E-state index in [1.165, 1.54) is 28.7 Å². The lowest BCUT2D eigenvalue weighted by Gasteiger charge is -2.43. The number of aromatic nitrogens is 1. The molecule has 0 spiro atoms. The third kappa shape index (κ3) is 4.59. The largest absolute Gasteiger partial charge is 0.382 e. The van der Waals surface area contributed by atoms with Crippen LogP contribution in [0.3, 0.4) is 0 Å². The van der Waals surface area contributed by atoms with Gasteiger partial charge in [0.1, 0.15) is 0 Å². The quantitative estimate of drug-likeness (QED) is 0.742. The number of nitrogens with one attached hydrogen (secondary N) is 1. The van der Waals surface area contributed by atoms with Gasteiger partial charge in [-0.1, -0.05) is 44.2 Å². The summed E-state index contributed by atoms with van der Waals surface area (Å²) in [5.41, 5.74) is 5.69. The first-order valence-corrected chi connectivity index (χ1v) is 10.3. The topological polar surface area (TPSA) is 28.2 Å². The number of aryl methyl sites for hydroxylation is 2. The van der Waals surface area contributed by atoms with E-state index in [4.69, 9.17) is 0 Å². The van der Waals surface area contributed by atoms with Gasteiger partial charge in [-0.25, -0.2) is 0 Å². The number of rotatable bonds is 8. The van der Waals surface area contributed by atoms with Crippen molar-refractivity contribution in [2.24, 2.45) is 0 Å². The van der Waals surface area contributed by atoms with Crippen LogP contribution in [0.5, 0.6) is 0 Å². The maximum Gasteiger partial charge on any atom is 0.0646 e. The van der Waals surface area contributed by atoms with Gasteiger partial charge < -0.3 is 10.2 Å². The summed E-state index contributed by atoms with van der Waals surface area (Å²) in [4.78, 5) is 6.81. The van der Waals surface area contributed by atoms with Gasteiger partial charge in [0, 0.05) is 32.0 Å². The molecule has 0 radical (unpaired) electrons. The summed E-state index contributed by atoms with van der Waals surface area (Å²) in [5.74, 6) is 0. The molecule has 1 saturated heterocycles. The number of hydrogen-bond acceptors (Lipinski definition) is 3. The van der Waals surface area contributed by atoms with E-state index in [1.54, 1.807) is 0 Å². The highest BCUT2D eigenvalue weighted by Gasteiger charge is 2.36. The van der Waals surface area contributed by atoms with Gasteiger partial charge in [-0.3, -0.25) is 4.98 Å². The summed E-state index contributed by atoms with van der Waals surface area (Å²) in [5, 5.41) is 3.65. The Morgan fingerprint density at radius 1 is 1.15 bits per heavy atom. The second kappa shape index (κ2) is 9.18. The van der Waals surface area contributed by atoms with E-state index in [0.29, 0.717) is 0 Å². The Balaban J connectivity index is 1.68. The fourth-order valence-corrected chi connectivity index (χ4v) is 4.38. The third-order valence-electron chi connectivity index (χ3n) is 5.97. The minimum absolute atomic E-state index is 0.0244. The van der Waals surface area contributed by atoms with E-state index in [0.717, 1.165) is 45.3 Å². The Bertz CT molecular complexity index is 745. The van der Waals surface area contributed by atoms with Crippen molar-refractivity contribution in [3.63, 3.8) is 0 Å². The van der Waals surface area contributed by atoms with Crippen molar-refractivity contribution in [2.45, 2.75) is 51.5 Å². The third-order valence-corrected chi connectivity index (χ3v) is 5.97. The van der Waals surface area contributed by atoms with Crippen molar-refractivity contribution in [2.75, 3.05) is 19.6 Å². The predicted molar refractivity (Wildman–Crippen MR) is 114 cm³/mol. The summed E-state index contributed by atoms with van der Waals surface area (Å²) in [6, 6.07) is 11.1. The molecule has 27 heavy (non-hydrogen) atoms. The lowest BCUT2D eigenvalue weighted by atomic mass is 9.78. The van der Waals surface area contributed by atoms with E-state index in [-0.39, 0.29) is 5.54 Å². The van der Waals surface area contributed by atoms with Crippen LogP contribution in [0.15, 0.2) is 55.5 Å². The smallest absolute Gasteiger partial charge is 0.0646 e. The minimum atomic E-state index is 0.0244. The normalized spacial score (nSPS) is 16.8. The van der Waals surface area contributed by atoms with Crippen LogP contribution < -0.4 is 5.32 Å². The average molecular weight is 364 g/mol. The second-order valence-electron chi connectivity index (χ2n) is 7.73.